The van der Waals surface area contributed by atoms with Crippen LogP contribution in [0.4, 0.5) is 0 Å². The number of hydrogen-bond donors (Lipinski definition) is 3. The van der Waals surface area contributed by atoms with E-state index in [4.69, 9.17) is 15.3 Å². The Morgan fingerprint density at radius 1 is 1.33 bits per heavy atom. The van der Waals surface area contributed by atoms with Crippen molar-refractivity contribution in [1.82, 2.24) is 30.4 Å². The molecule has 0 spiro atoms. The molecule has 0 saturated carbocycles. The molecule has 160 valence electrons. The van der Waals surface area contributed by atoms with E-state index in [0.717, 1.165) is 42.8 Å². The molecule has 2 unspecified atom stereocenters. The van der Waals surface area contributed by atoms with Crippen LogP contribution in [0.3, 0.4) is 0 Å². The zero-order valence-electron chi connectivity index (χ0n) is 17.4. The zero-order valence-corrected chi connectivity index (χ0v) is 17.4. The number of aromatic nitrogens is 3. The first kappa shape index (κ1) is 20.4. The van der Waals surface area contributed by atoms with E-state index in [1.54, 1.807) is 19.5 Å². The first-order valence-electron chi connectivity index (χ1n) is 10.2. The summed E-state index contributed by atoms with van der Waals surface area (Å²) < 4.78 is 11.5. The maximum atomic E-state index is 6.28. The molecular weight excluding hydrogens is 382 g/mol. The van der Waals surface area contributed by atoms with E-state index in [1.807, 2.05) is 25.4 Å². The van der Waals surface area contributed by atoms with Crippen molar-refractivity contribution in [3.8, 4) is 5.88 Å². The molecule has 2 aromatic heterocycles. The molecule has 0 aliphatic carbocycles. The summed E-state index contributed by atoms with van der Waals surface area (Å²) in [5, 5.41) is 11.1. The number of ether oxygens (including phenoxy) is 2. The number of allylic oxidation sites excluding steroid dienone is 2. The van der Waals surface area contributed by atoms with Crippen molar-refractivity contribution in [2.75, 3.05) is 39.2 Å². The lowest BCUT2D eigenvalue weighted by atomic mass is 10.0. The van der Waals surface area contributed by atoms with Crippen molar-refractivity contribution in [3.05, 3.63) is 60.2 Å². The molecule has 2 aliphatic heterocycles. The number of rotatable bonds is 7. The number of dihydropyridines is 1. The molecule has 4 rings (SSSR count). The second-order valence-electron chi connectivity index (χ2n) is 7.38. The molecule has 9 heteroatoms. The Bertz CT molecular complexity index is 908. The molecule has 1 fully saturated rings. The Hall–Kier alpha value is -2.88. The van der Waals surface area contributed by atoms with Gasteiger partial charge in [-0.1, -0.05) is 12.1 Å². The van der Waals surface area contributed by atoms with Crippen molar-refractivity contribution >= 4 is 5.57 Å². The van der Waals surface area contributed by atoms with Crippen LogP contribution < -0.4 is 21.2 Å². The van der Waals surface area contributed by atoms with Gasteiger partial charge in [0.25, 0.3) is 0 Å². The minimum Gasteiger partial charge on any atom is -0.481 e. The summed E-state index contributed by atoms with van der Waals surface area (Å²) >= 11 is 0. The van der Waals surface area contributed by atoms with E-state index < -0.39 is 5.85 Å². The maximum Gasteiger partial charge on any atom is 0.218 e. The fourth-order valence-corrected chi connectivity index (χ4v) is 4.02. The molecular formula is C21H29N7O2. The third-order valence-electron chi connectivity index (χ3n) is 5.48. The van der Waals surface area contributed by atoms with Crippen molar-refractivity contribution in [3.63, 3.8) is 0 Å². The molecule has 2 aromatic rings. The highest BCUT2D eigenvalue weighted by Crippen LogP contribution is 2.28. The highest BCUT2D eigenvalue weighted by molar-refractivity contribution is 5.74. The standard InChI is InChI=1S/C21H29N7O2/c1-3-30-21(7-6-17(12-25-21)18-13-26-28(22)15-18)27-9-8-23-14-19(27)10-16-4-5-20(29-2)24-11-16/h4-7,11-13,15,19,23,25H,3,8-10,14,22H2,1-2H3. The molecule has 2 atom stereocenters. The average molecular weight is 412 g/mol. The molecule has 9 nitrogen and oxygen atoms in total. The molecule has 0 bridgehead atoms. The Morgan fingerprint density at radius 3 is 2.87 bits per heavy atom. The van der Waals surface area contributed by atoms with Gasteiger partial charge in [-0.2, -0.15) is 9.89 Å². The quantitative estimate of drug-likeness (QED) is 0.573. The number of piperazine rings is 1. The normalized spacial score (nSPS) is 24.3. The van der Waals surface area contributed by atoms with E-state index in [2.05, 4.69) is 43.8 Å². The molecule has 0 amide bonds. The number of nitrogen functional groups attached to an aromatic ring is 1. The SMILES string of the molecule is CCOC1(N2CCNCC2Cc2ccc(OC)nc2)C=CC(c2cnn(N)c2)=CN1. The highest BCUT2D eigenvalue weighted by atomic mass is 16.5. The maximum absolute atomic E-state index is 6.28. The second kappa shape index (κ2) is 8.86. The van der Waals surface area contributed by atoms with Crippen LogP contribution in [0.25, 0.3) is 5.57 Å². The Balaban J connectivity index is 1.55. The van der Waals surface area contributed by atoms with Crippen LogP contribution in [-0.4, -0.2) is 65.0 Å². The van der Waals surface area contributed by atoms with Crippen LogP contribution in [0, 0.1) is 0 Å². The van der Waals surface area contributed by atoms with Crippen molar-refractivity contribution < 1.29 is 9.47 Å². The molecule has 4 N–H and O–H groups in total. The van der Waals surface area contributed by atoms with Gasteiger partial charge in [-0.25, -0.2) is 9.88 Å². The lowest BCUT2D eigenvalue weighted by Crippen LogP contribution is -2.67. The van der Waals surface area contributed by atoms with Crippen LogP contribution in [0.1, 0.15) is 18.1 Å². The summed E-state index contributed by atoms with van der Waals surface area (Å²) in [7, 11) is 1.63. The van der Waals surface area contributed by atoms with Crippen LogP contribution in [0.5, 0.6) is 5.88 Å². The van der Waals surface area contributed by atoms with Crippen LogP contribution >= 0.6 is 0 Å². The minimum absolute atomic E-state index is 0.236. The van der Waals surface area contributed by atoms with E-state index in [-0.39, 0.29) is 6.04 Å². The van der Waals surface area contributed by atoms with Gasteiger partial charge in [-0.15, -0.1) is 0 Å². The van der Waals surface area contributed by atoms with Gasteiger partial charge in [-0.05, 0) is 25.0 Å². The Morgan fingerprint density at radius 2 is 2.23 bits per heavy atom. The van der Waals surface area contributed by atoms with Crippen LogP contribution in [-0.2, 0) is 11.2 Å². The number of methoxy groups -OCH3 is 1. The number of nitrogens with two attached hydrogens (primary N) is 1. The van der Waals surface area contributed by atoms with Gasteiger partial charge >= 0.3 is 0 Å². The first-order valence-corrected chi connectivity index (χ1v) is 10.2. The summed E-state index contributed by atoms with van der Waals surface area (Å²) in [5.74, 6) is 5.61. The molecule has 2 aliphatic rings. The van der Waals surface area contributed by atoms with Crippen molar-refractivity contribution in [2.45, 2.75) is 25.2 Å². The summed E-state index contributed by atoms with van der Waals surface area (Å²) in [5.41, 5.74) is 3.12. The third-order valence-corrected chi connectivity index (χ3v) is 5.48. The minimum atomic E-state index is -0.705. The fourth-order valence-electron chi connectivity index (χ4n) is 4.02. The number of hydrogen-bond acceptors (Lipinski definition) is 8. The topological polar surface area (TPSA) is 102 Å². The van der Waals surface area contributed by atoms with E-state index in [0.29, 0.717) is 12.5 Å². The van der Waals surface area contributed by atoms with Crippen molar-refractivity contribution in [2.24, 2.45) is 0 Å². The largest absolute Gasteiger partial charge is 0.481 e. The smallest absolute Gasteiger partial charge is 0.218 e. The lowest BCUT2D eigenvalue weighted by molar-refractivity contribution is -0.155. The Kier molecular flexibility index (Phi) is 6.03. The van der Waals surface area contributed by atoms with Gasteiger partial charge in [-0.3, -0.25) is 0 Å². The fraction of sp³-hybridized carbons (Fsp3) is 0.429. The summed E-state index contributed by atoms with van der Waals surface area (Å²) in [6.07, 6.45) is 12.4. The Labute approximate surface area is 176 Å². The lowest BCUT2D eigenvalue weighted by Gasteiger charge is -2.49. The number of nitrogens with zero attached hydrogens (tertiary/aromatic N) is 4. The summed E-state index contributed by atoms with van der Waals surface area (Å²) in [4.78, 5) is 8.04. The summed E-state index contributed by atoms with van der Waals surface area (Å²) in [6, 6.07) is 4.21. The van der Waals surface area contributed by atoms with Gasteiger partial charge in [0.05, 0.1) is 19.5 Å². The third kappa shape index (κ3) is 4.18. The van der Waals surface area contributed by atoms with Gasteiger partial charge in [0.1, 0.15) is 0 Å². The monoisotopic (exact) mass is 411 g/mol. The highest BCUT2D eigenvalue weighted by Gasteiger charge is 2.41. The average Bonchev–Trinajstić information content (AvgIpc) is 3.21. The van der Waals surface area contributed by atoms with E-state index >= 15 is 0 Å². The van der Waals surface area contributed by atoms with Crippen LogP contribution in [0.15, 0.2) is 49.1 Å². The van der Waals surface area contributed by atoms with E-state index in [9.17, 15) is 0 Å². The zero-order chi connectivity index (χ0) is 21.0. The van der Waals surface area contributed by atoms with Crippen molar-refractivity contribution in [1.29, 1.82) is 0 Å². The van der Waals surface area contributed by atoms with Gasteiger partial charge in [0.2, 0.25) is 11.7 Å². The summed E-state index contributed by atoms with van der Waals surface area (Å²) in [6.45, 7) is 5.22. The molecule has 1 saturated heterocycles. The van der Waals surface area contributed by atoms with Crippen LogP contribution in [0.2, 0.25) is 0 Å². The molecule has 0 radical (unpaired) electrons. The van der Waals surface area contributed by atoms with E-state index in [1.165, 1.54) is 4.79 Å². The predicted molar refractivity (Wildman–Crippen MR) is 115 cm³/mol. The molecule has 4 heterocycles. The number of pyridine rings is 1. The predicted octanol–water partition coefficient (Wildman–Crippen LogP) is 0.708. The number of nitrogens with one attached hydrogen (secondary N) is 2. The first-order chi connectivity index (χ1) is 14.6. The molecule has 30 heavy (non-hydrogen) atoms. The molecule has 0 aromatic carbocycles. The van der Waals surface area contributed by atoms with Gasteiger partial charge < -0.3 is 25.9 Å². The second-order valence-corrected chi connectivity index (χ2v) is 7.38. The van der Waals surface area contributed by atoms with Gasteiger partial charge in [0, 0.05) is 61.9 Å². The van der Waals surface area contributed by atoms with Gasteiger partial charge in [0.15, 0.2) is 0 Å².